The molecule has 2 rings (SSSR count). The highest BCUT2D eigenvalue weighted by Crippen LogP contribution is 2.46. The molecule has 1 heterocycles. The first-order chi connectivity index (χ1) is 12.1. The van der Waals surface area contributed by atoms with Gasteiger partial charge in [-0.1, -0.05) is 23.9 Å². The molecule has 7 heteroatoms. The Morgan fingerprint density at radius 3 is 2.50 bits per heavy atom. The second kappa shape index (κ2) is 7.94. The number of nitrogens with zero attached hydrogens (tertiary/aromatic N) is 3. The fourth-order valence-electron chi connectivity index (χ4n) is 2.63. The standard InChI is InChI=1S/C19H24N4O2S/c1-19(2,3)21-17(25)12-22(4)11-15(24)13(10-20)18-23(5)14-8-6-7-9-16(14)26-18/h6-9H,11-12H2,1-5H3,(H,21,25)/b18-13-. The first-order valence-corrected chi connectivity index (χ1v) is 9.12. The molecule has 1 aliphatic heterocycles. The molecule has 1 aromatic carbocycles. The molecule has 1 aliphatic rings. The van der Waals surface area contributed by atoms with Crippen LogP contribution in [0.1, 0.15) is 20.8 Å². The van der Waals surface area contributed by atoms with Gasteiger partial charge in [0.1, 0.15) is 16.7 Å². The Labute approximate surface area is 158 Å². The van der Waals surface area contributed by atoms with Crippen molar-refractivity contribution >= 4 is 29.1 Å². The summed E-state index contributed by atoms with van der Waals surface area (Å²) < 4.78 is 0. The van der Waals surface area contributed by atoms with Crippen LogP contribution in [0.4, 0.5) is 5.69 Å². The van der Waals surface area contributed by atoms with E-state index in [-0.39, 0.29) is 35.9 Å². The quantitative estimate of drug-likeness (QED) is 0.632. The van der Waals surface area contributed by atoms with Gasteiger partial charge in [-0.3, -0.25) is 14.5 Å². The molecule has 1 aromatic rings. The Morgan fingerprint density at radius 2 is 1.92 bits per heavy atom. The fourth-order valence-corrected chi connectivity index (χ4v) is 3.80. The van der Waals surface area contributed by atoms with Crippen LogP contribution in [0.15, 0.2) is 39.8 Å². The number of rotatable bonds is 5. The number of ketones is 1. The van der Waals surface area contributed by atoms with E-state index < -0.39 is 0 Å². The highest BCUT2D eigenvalue weighted by molar-refractivity contribution is 8.03. The molecular weight excluding hydrogens is 348 g/mol. The largest absolute Gasteiger partial charge is 0.350 e. The number of carbonyl (C=O) groups is 2. The number of nitrogens with one attached hydrogen (secondary N) is 1. The SMILES string of the molecule is CN(CC(=O)NC(C)(C)C)CC(=O)/C(C#N)=C1\Sc2ccccc2N1C. The van der Waals surface area contributed by atoms with Crippen LogP contribution >= 0.6 is 11.8 Å². The molecule has 26 heavy (non-hydrogen) atoms. The van der Waals surface area contributed by atoms with Crippen molar-refractivity contribution in [2.75, 3.05) is 32.1 Å². The van der Waals surface area contributed by atoms with Gasteiger partial charge in [-0.15, -0.1) is 0 Å². The van der Waals surface area contributed by atoms with Gasteiger partial charge in [-0.05, 0) is 40.0 Å². The van der Waals surface area contributed by atoms with Crippen LogP contribution in [0, 0.1) is 11.3 Å². The average molecular weight is 372 g/mol. The lowest BCUT2D eigenvalue weighted by Crippen LogP contribution is -2.46. The van der Waals surface area contributed by atoms with Crippen molar-refractivity contribution in [3.63, 3.8) is 0 Å². The smallest absolute Gasteiger partial charge is 0.234 e. The van der Waals surface area contributed by atoms with Crippen LogP contribution in [-0.2, 0) is 9.59 Å². The summed E-state index contributed by atoms with van der Waals surface area (Å²) in [5, 5.41) is 13.0. The van der Waals surface area contributed by atoms with E-state index in [9.17, 15) is 14.9 Å². The number of para-hydroxylation sites is 1. The molecular formula is C19H24N4O2S. The molecule has 138 valence electrons. The van der Waals surface area contributed by atoms with Crippen LogP contribution in [0.5, 0.6) is 0 Å². The van der Waals surface area contributed by atoms with Crippen LogP contribution in [0.25, 0.3) is 0 Å². The molecule has 0 aliphatic carbocycles. The van der Waals surface area contributed by atoms with Gasteiger partial charge in [0.05, 0.1) is 18.8 Å². The molecule has 0 unspecified atom stereocenters. The summed E-state index contributed by atoms with van der Waals surface area (Å²) in [6.07, 6.45) is 0. The summed E-state index contributed by atoms with van der Waals surface area (Å²) in [5.41, 5.74) is 0.777. The Kier molecular flexibility index (Phi) is 6.11. The lowest BCUT2D eigenvalue weighted by Gasteiger charge is -2.23. The third-order valence-corrected chi connectivity index (χ3v) is 4.92. The number of fused-ring (bicyclic) bond motifs is 1. The Bertz CT molecular complexity index is 789. The topological polar surface area (TPSA) is 76.4 Å². The summed E-state index contributed by atoms with van der Waals surface area (Å²) in [5.74, 6) is -0.445. The van der Waals surface area contributed by atoms with E-state index >= 15 is 0 Å². The minimum atomic E-state index is -0.323. The number of hydrogen-bond acceptors (Lipinski definition) is 6. The maximum Gasteiger partial charge on any atom is 0.234 e. The van der Waals surface area contributed by atoms with E-state index in [2.05, 4.69) is 5.32 Å². The van der Waals surface area contributed by atoms with Gasteiger partial charge in [0.15, 0.2) is 5.78 Å². The van der Waals surface area contributed by atoms with Crippen molar-refractivity contribution in [3.8, 4) is 6.07 Å². The van der Waals surface area contributed by atoms with Crippen molar-refractivity contribution in [2.24, 2.45) is 0 Å². The molecule has 0 radical (unpaired) electrons. The average Bonchev–Trinajstić information content (AvgIpc) is 2.83. The predicted octanol–water partition coefficient (Wildman–Crippen LogP) is 2.38. The fraction of sp³-hybridized carbons (Fsp3) is 0.421. The molecule has 1 N–H and O–H groups in total. The van der Waals surface area contributed by atoms with E-state index in [1.165, 1.54) is 11.8 Å². The number of amides is 1. The maximum atomic E-state index is 12.6. The normalized spacial score (nSPS) is 15.5. The molecule has 0 fully saturated rings. The first-order valence-electron chi connectivity index (χ1n) is 8.30. The van der Waals surface area contributed by atoms with Crippen molar-refractivity contribution in [2.45, 2.75) is 31.2 Å². The summed E-state index contributed by atoms with van der Waals surface area (Å²) in [6, 6.07) is 9.82. The molecule has 0 bridgehead atoms. The van der Waals surface area contributed by atoms with Crippen LogP contribution in [0.2, 0.25) is 0 Å². The van der Waals surface area contributed by atoms with Crippen molar-refractivity contribution < 1.29 is 9.59 Å². The lowest BCUT2D eigenvalue weighted by molar-refractivity contribution is -0.124. The second-order valence-electron chi connectivity index (χ2n) is 7.31. The number of anilines is 1. The van der Waals surface area contributed by atoms with Gasteiger partial charge >= 0.3 is 0 Å². The van der Waals surface area contributed by atoms with E-state index in [1.807, 2.05) is 63.1 Å². The van der Waals surface area contributed by atoms with E-state index in [4.69, 9.17) is 0 Å². The van der Waals surface area contributed by atoms with E-state index in [0.717, 1.165) is 10.6 Å². The highest BCUT2D eigenvalue weighted by Gasteiger charge is 2.28. The van der Waals surface area contributed by atoms with Gasteiger partial charge in [-0.25, -0.2) is 0 Å². The third kappa shape index (κ3) is 4.87. The summed E-state index contributed by atoms with van der Waals surface area (Å²) in [6.45, 7) is 5.81. The monoisotopic (exact) mass is 372 g/mol. The summed E-state index contributed by atoms with van der Waals surface area (Å²) in [4.78, 5) is 29.1. The molecule has 0 aromatic heterocycles. The first kappa shape index (κ1) is 20.0. The second-order valence-corrected chi connectivity index (χ2v) is 8.35. The van der Waals surface area contributed by atoms with E-state index in [1.54, 1.807) is 11.9 Å². The lowest BCUT2D eigenvalue weighted by atomic mass is 10.1. The van der Waals surface area contributed by atoms with Gasteiger partial charge in [-0.2, -0.15) is 5.26 Å². The molecule has 0 spiro atoms. The number of likely N-dealkylation sites (N-methyl/N-ethyl adjacent to an activating group) is 1. The number of hydrogen-bond donors (Lipinski definition) is 1. The Balaban J connectivity index is 2.08. The molecule has 1 amide bonds. The number of Topliss-reactive ketones (excluding diaryl/α,β-unsaturated/α-hetero) is 1. The van der Waals surface area contributed by atoms with Crippen LogP contribution < -0.4 is 10.2 Å². The van der Waals surface area contributed by atoms with Gasteiger partial charge in [0.25, 0.3) is 0 Å². The maximum absolute atomic E-state index is 12.6. The number of thioether (sulfide) groups is 1. The van der Waals surface area contributed by atoms with Gasteiger partial charge < -0.3 is 10.2 Å². The summed E-state index contributed by atoms with van der Waals surface area (Å²) in [7, 11) is 3.54. The van der Waals surface area contributed by atoms with Gasteiger partial charge in [0, 0.05) is 17.5 Å². The minimum absolute atomic E-state index is 0.00863. The van der Waals surface area contributed by atoms with Gasteiger partial charge in [0.2, 0.25) is 5.91 Å². The number of benzene rings is 1. The summed E-state index contributed by atoms with van der Waals surface area (Å²) >= 11 is 1.42. The van der Waals surface area contributed by atoms with E-state index in [0.29, 0.717) is 5.03 Å². The van der Waals surface area contributed by atoms with Crippen LogP contribution in [0.3, 0.4) is 0 Å². The Morgan fingerprint density at radius 1 is 1.27 bits per heavy atom. The zero-order chi connectivity index (χ0) is 19.5. The molecule has 6 nitrogen and oxygen atoms in total. The molecule has 0 saturated carbocycles. The van der Waals surface area contributed by atoms with Crippen molar-refractivity contribution in [3.05, 3.63) is 34.9 Å². The zero-order valence-corrected chi connectivity index (χ0v) is 16.6. The third-order valence-electron chi connectivity index (χ3n) is 3.68. The predicted molar refractivity (Wildman–Crippen MR) is 104 cm³/mol. The number of carbonyl (C=O) groups excluding carboxylic acids is 2. The van der Waals surface area contributed by atoms with Crippen molar-refractivity contribution in [1.29, 1.82) is 5.26 Å². The molecule has 0 atom stereocenters. The van der Waals surface area contributed by atoms with Crippen molar-refractivity contribution in [1.82, 2.24) is 10.2 Å². The highest BCUT2D eigenvalue weighted by atomic mass is 32.2. The zero-order valence-electron chi connectivity index (χ0n) is 15.8. The van der Waals surface area contributed by atoms with Crippen LogP contribution in [-0.4, -0.2) is 49.3 Å². The minimum Gasteiger partial charge on any atom is -0.350 e. The Hall–Kier alpha value is -2.30. The molecule has 0 saturated heterocycles. The number of nitriles is 1.